The van der Waals surface area contributed by atoms with Crippen molar-refractivity contribution >= 4 is 29.3 Å². The number of imidazole rings is 1. The molecule has 0 radical (unpaired) electrons. The molecule has 0 saturated heterocycles. The second-order valence-electron chi connectivity index (χ2n) is 4.35. The van der Waals surface area contributed by atoms with Crippen LogP contribution in [-0.2, 0) is 11.8 Å². The molecule has 0 unspecified atom stereocenters. The summed E-state index contributed by atoms with van der Waals surface area (Å²) in [6.45, 7) is 0. The van der Waals surface area contributed by atoms with Crippen LogP contribution in [0.4, 0.5) is 5.69 Å². The number of carboxylic acid groups (broad SMARTS) is 1. The van der Waals surface area contributed by atoms with Crippen LogP contribution in [0.5, 0.6) is 0 Å². The van der Waals surface area contributed by atoms with E-state index in [4.69, 9.17) is 5.11 Å². The number of carbonyl (C=O) groups excluding carboxylic acids is 1. The molecule has 110 valence electrons. The van der Waals surface area contributed by atoms with Gasteiger partial charge in [-0.3, -0.25) is 4.79 Å². The summed E-state index contributed by atoms with van der Waals surface area (Å²) < 4.78 is 1.90. The summed E-state index contributed by atoms with van der Waals surface area (Å²) in [6, 6.07) is 6.07. The predicted molar refractivity (Wildman–Crippen MR) is 80.6 cm³/mol. The molecule has 2 rings (SSSR count). The van der Waals surface area contributed by atoms with E-state index in [0.29, 0.717) is 17.9 Å². The molecule has 2 aromatic rings. The van der Waals surface area contributed by atoms with Crippen LogP contribution in [0.3, 0.4) is 0 Å². The number of carboxylic acids is 1. The summed E-state index contributed by atoms with van der Waals surface area (Å²) in [5, 5.41) is 12.4. The van der Waals surface area contributed by atoms with Crippen molar-refractivity contribution in [2.24, 2.45) is 7.05 Å². The first-order chi connectivity index (χ1) is 10.1. The molecule has 0 aliphatic carbocycles. The van der Waals surface area contributed by atoms with E-state index in [1.54, 1.807) is 18.3 Å². The van der Waals surface area contributed by atoms with Crippen molar-refractivity contribution in [2.75, 3.05) is 11.1 Å². The molecule has 0 fully saturated rings. The molecule has 2 N–H and O–H groups in total. The smallest absolute Gasteiger partial charge is 0.335 e. The summed E-state index contributed by atoms with van der Waals surface area (Å²) in [7, 11) is 1.90. The maximum absolute atomic E-state index is 11.8. The second kappa shape index (κ2) is 6.94. The number of rotatable bonds is 6. The molecular weight excluding hydrogens is 290 g/mol. The van der Waals surface area contributed by atoms with E-state index in [1.807, 2.05) is 17.8 Å². The average molecular weight is 305 g/mol. The van der Waals surface area contributed by atoms with Crippen LogP contribution in [0.1, 0.15) is 16.8 Å². The molecule has 7 heteroatoms. The van der Waals surface area contributed by atoms with Crippen molar-refractivity contribution in [1.29, 1.82) is 0 Å². The standard InChI is InChI=1S/C14H15N3O3S/c1-17-8-7-15-14(17)21-9-6-12(18)16-11-4-2-10(3-5-11)13(19)20/h2-5,7-8H,6,9H2,1H3,(H,16,18)(H,19,20). The molecular formula is C14H15N3O3S. The van der Waals surface area contributed by atoms with Gasteiger partial charge < -0.3 is 15.0 Å². The molecule has 1 aromatic heterocycles. The van der Waals surface area contributed by atoms with Crippen LogP contribution in [0.2, 0.25) is 0 Å². The molecule has 0 atom stereocenters. The van der Waals surface area contributed by atoms with Gasteiger partial charge in [0.05, 0.1) is 5.56 Å². The maximum atomic E-state index is 11.8. The SMILES string of the molecule is Cn1ccnc1SCCC(=O)Nc1ccc(C(=O)O)cc1. The largest absolute Gasteiger partial charge is 0.478 e. The third-order valence-corrected chi connectivity index (χ3v) is 3.81. The normalized spacial score (nSPS) is 10.3. The Balaban J connectivity index is 1.79. The van der Waals surface area contributed by atoms with Crippen molar-refractivity contribution in [3.05, 3.63) is 42.2 Å². The first kappa shape index (κ1) is 15.1. The lowest BCUT2D eigenvalue weighted by Gasteiger charge is -2.05. The van der Waals surface area contributed by atoms with Gasteiger partial charge in [-0.25, -0.2) is 9.78 Å². The number of nitrogens with zero attached hydrogens (tertiary/aromatic N) is 2. The number of hydrogen-bond acceptors (Lipinski definition) is 4. The summed E-state index contributed by atoms with van der Waals surface area (Å²) in [4.78, 5) is 26.7. The van der Waals surface area contributed by atoms with Crippen molar-refractivity contribution in [1.82, 2.24) is 9.55 Å². The van der Waals surface area contributed by atoms with Gasteiger partial charge in [-0.15, -0.1) is 0 Å². The van der Waals surface area contributed by atoms with E-state index in [0.717, 1.165) is 5.16 Å². The summed E-state index contributed by atoms with van der Waals surface area (Å²) in [6.07, 6.45) is 3.93. The Morgan fingerprint density at radius 2 is 2.05 bits per heavy atom. The molecule has 0 spiro atoms. The molecule has 0 saturated carbocycles. The zero-order chi connectivity index (χ0) is 15.2. The van der Waals surface area contributed by atoms with Gasteiger partial charge in [0.1, 0.15) is 0 Å². The van der Waals surface area contributed by atoms with Gasteiger partial charge in [-0.2, -0.15) is 0 Å². The third-order valence-electron chi connectivity index (χ3n) is 2.75. The Morgan fingerprint density at radius 3 is 2.62 bits per heavy atom. The topological polar surface area (TPSA) is 84.2 Å². The van der Waals surface area contributed by atoms with E-state index in [2.05, 4.69) is 10.3 Å². The lowest BCUT2D eigenvalue weighted by molar-refractivity contribution is -0.115. The highest BCUT2D eigenvalue weighted by molar-refractivity contribution is 7.99. The first-order valence-corrected chi connectivity index (χ1v) is 7.28. The molecule has 0 aliphatic rings. The van der Waals surface area contributed by atoms with E-state index in [-0.39, 0.29) is 11.5 Å². The van der Waals surface area contributed by atoms with E-state index < -0.39 is 5.97 Å². The summed E-state index contributed by atoms with van der Waals surface area (Å²) >= 11 is 1.51. The van der Waals surface area contributed by atoms with Crippen LogP contribution >= 0.6 is 11.8 Å². The number of benzene rings is 1. The lowest BCUT2D eigenvalue weighted by atomic mass is 10.2. The zero-order valence-corrected chi connectivity index (χ0v) is 12.3. The Morgan fingerprint density at radius 1 is 1.33 bits per heavy atom. The third kappa shape index (κ3) is 4.35. The van der Waals surface area contributed by atoms with Crippen molar-refractivity contribution in [3.8, 4) is 0 Å². The fourth-order valence-electron chi connectivity index (χ4n) is 1.65. The number of aryl methyl sites for hydroxylation is 1. The monoisotopic (exact) mass is 305 g/mol. The fraction of sp³-hybridized carbons (Fsp3) is 0.214. The highest BCUT2D eigenvalue weighted by Gasteiger charge is 2.06. The number of hydrogen-bond donors (Lipinski definition) is 2. The van der Waals surface area contributed by atoms with Crippen LogP contribution in [0.15, 0.2) is 41.8 Å². The minimum atomic E-state index is -0.987. The minimum absolute atomic E-state index is 0.111. The van der Waals surface area contributed by atoms with Gasteiger partial charge in [0, 0.05) is 37.3 Å². The zero-order valence-electron chi connectivity index (χ0n) is 11.4. The average Bonchev–Trinajstić information content (AvgIpc) is 2.85. The number of amides is 1. The molecule has 21 heavy (non-hydrogen) atoms. The molecule has 0 bridgehead atoms. The summed E-state index contributed by atoms with van der Waals surface area (Å²) in [5.74, 6) is -0.469. The van der Waals surface area contributed by atoms with Crippen molar-refractivity contribution in [3.63, 3.8) is 0 Å². The van der Waals surface area contributed by atoms with Crippen LogP contribution < -0.4 is 5.32 Å². The van der Waals surface area contributed by atoms with Crippen molar-refractivity contribution in [2.45, 2.75) is 11.6 Å². The van der Waals surface area contributed by atoms with E-state index in [1.165, 1.54) is 23.9 Å². The predicted octanol–water partition coefficient (Wildman–Crippen LogP) is 2.24. The van der Waals surface area contributed by atoms with Gasteiger partial charge in [0.15, 0.2) is 5.16 Å². The van der Waals surface area contributed by atoms with Gasteiger partial charge in [0.25, 0.3) is 0 Å². The van der Waals surface area contributed by atoms with Gasteiger partial charge in [-0.05, 0) is 24.3 Å². The Bertz CT molecular complexity index is 637. The number of nitrogens with one attached hydrogen (secondary N) is 1. The lowest BCUT2D eigenvalue weighted by Crippen LogP contribution is -2.12. The molecule has 1 amide bonds. The Hall–Kier alpha value is -2.28. The molecule has 0 aliphatic heterocycles. The molecule has 1 aromatic carbocycles. The number of aromatic nitrogens is 2. The number of thioether (sulfide) groups is 1. The number of carbonyl (C=O) groups is 2. The van der Waals surface area contributed by atoms with Gasteiger partial charge in [0.2, 0.25) is 5.91 Å². The number of anilines is 1. The minimum Gasteiger partial charge on any atom is -0.478 e. The molecule has 6 nitrogen and oxygen atoms in total. The first-order valence-electron chi connectivity index (χ1n) is 6.29. The maximum Gasteiger partial charge on any atom is 0.335 e. The second-order valence-corrected chi connectivity index (χ2v) is 5.41. The quantitative estimate of drug-likeness (QED) is 0.800. The molecule has 1 heterocycles. The Kier molecular flexibility index (Phi) is 4.99. The van der Waals surface area contributed by atoms with Crippen LogP contribution in [0, 0.1) is 0 Å². The van der Waals surface area contributed by atoms with E-state index >= 15 is 0 Å². The van der Waals surface area contributed by atoms with Crippen LogP contribution in [0.25, 0.3) is 0 Å². The van der Waals surface area contributed by atoms with Gasteiger partial charge in [-0.1, -0.05) is 11.8 Å². The summed E-state index contributed by atoms with van der Waals surface area (Å²) in [5.41, 5.74) is 0.783. The highest BCUT2D eigenvalue weighted by atomic mass is 32.2. The number of aromatic carboxylic acids is 1. The van der Waals surface area contributed by atoms with Gasteiger partial charge >= 0.3 is 5.97 Å². The van der Waals surface area contributed by atoms with E-state index in [9.17, 15) is 9.59 Å². The Labute approximate surface area is 126 Å². The van der Waals surface area contributed by atoms with Crippen molar-refractivity contribution < 1.29 is 14.7 Å². The van der Waals surface area contributed by atoms with Crippen LogP contribution in [-0.4, -0.2) is 32.3 Å². The highest BCUT2D eigenvalue weighted by Crippen LogP contribution is 2.16. The fourth-order valence-corrected chi connectivity index (χ4v) is 2.52.